The topological polar surface area (TPSA) is 215 Å². The quantitative estimate of drug-likeness (QED) is 0.0805. The molecule has 6 amide bonds. The van der Waals surface area contributed by atoms with Gasteiger partial charge in [-0.2, -0.15) is 15.2 Å². The Bertz CT molecular complexity index is 3160. The third-order valence-corrected chi connectivity index (χ3v) is 15.4. The molecule has 0 bridgehead atoms. The molecule has 3 N–H and O–H groups in total. The van der Waals surface area contributed by atoms with Gasteiger partial charge in [0.25, 0.3) is 11.8 Å². The molecule has 76 heavy (non-hydrogen) atoms. The number of halogens is 1. The summed E-state index contributed by atoms with van der Waals surface area (Å²) in [5.74, 6) is 0.268. The lowest BCUT2D eigenvalue weighted by Crippen LogP contribution is -2.56. The van der Waals surface area contributed by atoms with Crippen molar-refractivity contribution in [1.29, 1.82) is 5.26 Å². The monoisotopic (exact) mass is 1050 g/mol. The van der Waals surface area contributed by atoms with Gasteiger partial charge >= 0.3 is 12.0 Å². The number of nitrogens with zero attached hydrogens (tertiary/aromatic N) is 8. The average Bonchev–Trinajstić information content (AvgIpc) is 4.00. The number of methoxy groups -OCH3 is 1. The minimum atomic E-state index is -0.721. The number of carbonyl (C=O) groups excluding carboxylic acids is 5. The van der Waals surface area contributed by atoms with Crippen molar-refractivity contribution < 1.29 is 38.2 Å². The van der Waals surface area contributed by atoms with Crippen LogP contribution in [0.4, 0.5) is 16.3 Å². The van der Waals surface area contributed by atoms with Crippen LogP contribution < -0.4 is 40.0 Å². The molecule has 3 fully saturated rings. The van der Waals surface area contributed by atoms with Crippen LogP contribution in [0.5, 0.6) is 17.5 Å². The van der Waals surface area contributed by atoms with Gasteiger partial charge in [0, 0.05) is 91.6 Å². The third kappa shape index (κ3) is 10.9. The average molecular weight is 1050 g/mol. The Labute approximate surface area is 445 Å². The summed E-state index contributed by atoms with van der Waals surface area (Å²) in [7, 11) is 3.64. The van der Waals surface area contributed by atoms with Gasteiger partial charge in [0.1, 0.15) is 36.6 Å². The number of benzene rings is 4. The van der Waals surface area contributed by atoms with Crippen LogP contribution in [0.1, 0.15) is 70.4 Å². The van der Waals surface area contributed by atoms with Gasteiger partial charge in [0.15, 0.2) is 0 Å². The van der Waals surface area contributed by atoms with Crippen molar-refractivity contribution in [3.05, 3.63) is 123 Å². The van der Waals surface area contributed by atoms with Gasteiger partial charge in [-0.25, -0.2) is 4.79 Å². The van der Waals surface area contributed by atoms with E-state index in [9.17, 15) is 29.2 Å². The Kier molecular flexibility index (Phi) is 15.2. The lowest BCUT2D eigenvalue weighted by molar-refractivity contribution is -0.137. The lowest BCUT2D eigenvalue weighted by atomic mass is 10.0. The van der Waals surface area contributed by atoms with Crippen LogP contribution in [0.3, 0.4) is 0 Å². The number of nitrogens with one attached hydrogen (secondary N) is 3. The third-order valence-electron chi connectivity index (χ3n) is 15.1. The molecule has 394 valence electrons. The summed E-state index contributed by atoms with van der Waals surface area (Å²) in [6.45, 7) is 8.23. The molecule has 3 saturated heterocycles. The summed E-state index contributed by atoms with van der Waals surface area (Å²) in [6.07, 6.45) is 3.32. The first-order chi connectivity index (χ1) is 36.8. The van der Waals surface area contributed by atoms with E-state index in [2.05, 4.69) is 68.5 Å². The maximum Gasteiger partial charge on any atom is 0.318 e. The van der Waals surface area contributed by atoms with Crippen LogP contribution in [-0.2, 0) is 47.0 Å². The number of hydrogen-bond donors (Lipinski definition) is 3. The minimum absolute atomic E-state index is 0.0528. The second kappa shape index (κ2) is 22.5. The summed E-state index contributed by atoms with van der Waals surface area (Å²) in [5, 5.41) is 20.9. The van der Waals surface area contributed by atoms with Crippen LogP contribution in [0, 0.1) is 11.3 Å². The fourth-order valence-electron chi connectivity index (χ4n) is 11.0. The zero-order valence-corrected chi connectivity index (χ0v) is 43.4. The Balaban J connectivity index is 0.775. The van der Waals surface area contributed by atoms with E-state index < -0.39 is 24.0 Å². The van der Waals surface area contributed by atoms with Gasteiger partial charge < -0.3 is 49.3 Å². The number of ether oxygens (including phenoxy) is 3. The summed E-state index contributed by atoms with van der Waals surface area (Å²) in [6, 6.07) is 23.8. The van der Waals surface area contributed by atoms with Gasteiger partial charge in [-0.1, -0.05) is 54.6 Å². The van der Waals surface area contributed by atoms with Gasteiger partial charge in [-0.15, -0.1) is 0 Å². The summed E-state index contributed by atoms with van der Waals surface area (Å²) in [5.41, 5.74) is 5.66. The molecule has 10 rings (SSSR count). The molecule has 0 aliphatic carbocycles. The molecule has 1 unspecified atom stereocenters. The normalized spacial score (nSPS) is 19.4. The molecule has 0 spiro atoms. The summed E-state index contributed by atoms with van der Waals surface area (Å²) >= 11 is 6.80. The number of piperidine rings is 1. The van der Waals surface area contributed by atoms with Crippen molar-refractivity contribution >= 4 is 63.5 Å². The van der Waals surface area contributed by atoms with Crippen LogP contribution in [0.15, 0.2) is 84.9 Å². The largest absolute Gasteiger partial charge is 0.497 e. The van der Waals surface area contributed by atoms with Crippen molar-refractivity contribution in [2.45, 2.75) is 82.8 Å². The molecule has 4 aromatic carbocycles. The summed E-state index contributed by atoms with van der Waals surface area (Å²) < 4.78 is 18.1. The van der Waals surface area contributed by atoms with Gasteiger partial charge in [-0.3, -0.25) is 24.5 Å². The molecular formula is C56H60ClN11O8. The lowest BCUT2D eigenvalue weighted by Gasteiger charge is -2.42. The van der Waals surface area contributed by atoms with E-state index in [-0.39, 0.29) is 74.8 Å². The molecule has 6 heterocycles. The highest BCUT2D eigenvalue weighted by Crippen LogP contribution is 2.38. The number of fused-ring (bicyclic) bond motifs is 3. The standard InChI is InChI=1S/C56H60ClN11O8/c1-34(32-75-48-16-13-41(74-3)26-37(48)28-60-55(73)59-27-35-12-14-42-38(25-35)29-68(54(42)72)47-15-17-49(69)62-52(47)70)53(71)67-24-23-66(30-39(67)18-20-58)51-43-19-22-65(46-11-5-8-36-7-4-10-44(57)50(36)46)31-45(43)61-56(63-51)76-33-40-9-6-21-64(40)2/h4-5,7-8,10-14,16,25-26,39-40,47H,1,6,9,15,17-19,21-24,27-33H2,2-3H3,(H2,59,60,73)(H,62,69,70)/t39-,40-,47?/m0/s1. The number of nitriles is 1. The number of piperazine rings is 1. The second-order valence-electron chi connectivity index (χ2n) is 19.9. The van der Waals surface area contributed by atoms with E-state index in [4.69, 9.17) is 35.8 Å². The number of hydrogen-bond acceptors (Lipinski definition) is 14. The molecule has 19 nitrogen and oxygen atoms in total. The highest BCUT2D eigenvalue weighted by atomic mass is 35.5. The number of imide groups is 1. The van der Waals surface area contributed by atoms with Crippen LogP contribution in [-0.4, -0.2) is 133 Å². The zero-order chi connectivity index (χ0) is 53.0. The predicted octanol–water partition coefficient (Wildman–Crippen LogP) is 5.65. The van der Waals surface area contributed by atoms with Crippen molar-refractivity contribution in [2.75, 3.05) is 69.9 Å². The molecule has 1 aromatic heterocycles. The first kappa shape index (κ1) is 51.5. The van der Waals surface area contributed by atoms with E-state index in [1.54, 1.807) is 35.2 Å². The first-order valence-electron chi connectivity index (χ1n) is 25.7. The Morgan fingerprint density at radius 3 is 2.53 bits per heavy atom. The van der Waals surface area contributed by atoms with Crippen LogP contribution in [0.2, 0.25) is 5.02 Å². The van der Waals surface area contributed by atoms with Gasteiger partial charge in [0.05, 0.1) is 42.9 Å². The Hall–Kier alpha value is -7.95. The molecular weight excluding hydrogens is 990 g/mol. The van der Waals surface area contributed by atoms with E-state index in [0.717, 1.165) is 64.0 Å². The number of amides is 6. The minimum Gasteiger partial charge on any atom is -0.497 e. The highest BCUT2D eigenvalue weighted by Gasteiger charge is 2.40. The van der Waals surface area contributed by atoms with E-state index >= 15 is 0 Å². The number of rotatable bonds is 16. The second-order valence-corrected chi connectivity index (χ2v) is 20.3. The van der Waals surface area contributed by atoms with E-state index in [1.807, 2.05) is 24.3 Å². The van der Waals surface area contributed by atoms with E-state index in [1.165, 1.54) is 12.0 Å². The number of urea groups is 1. The van der Waals surface area contributed by atoms with Gasteiger partial charge in [0.2, 0.25) is 11.8 Å². The molecule has 0 saturated carbocycles. The molecule has 5 aromatic rings. The SMILES string of the molecule is C=C(COc1ccc(OC)cc1CNC(=O)NCc1ccc2c(c1)CN(C1CCC(=O)NC1=O)C2=O)C(=O)N1CCN(c2nc(OC[C@@H]3CCCN3C)nc3c2CCN(c2cccc4cccc(Cl)c24)C3)C[C@@H]1CC#N. The molecule has 5 aliphatic rings. The van der Waals surface area contributed by atoms with Crippen molar-refractivity contribution in [2.24, 2.45) is 0 Å². The number of anilines is 2. The van der Waals surface area contributed by atoms with Crippen molar-refractivity contribution in [3.63, 3.8) is 0 Å². The van der Waals surface area contributed by atoms with Crippen LogP contribution >= 0.6 is 11.6 Å². The molecule has 5 aliphatic heterocycles. The van der Waals surface area contributed by atoms with Crippen LogP contribution in [0.25, 0.3) is 10.8 Å². The number of aromatic nitrogens is 2. The number of likely N-dealkylation sites (tertiary alicyclic amines) is 1. The maximum atomic E-state index is 14.3. The van der Waals surface area contributed by atoms with Crippen molar-refractivity contribution in [1.82, 2.24) is 40.6 Å². The Morgan fingerprint density at radius 1 is 0.908 bits per heavy atom. The number of carbonyl (C=O) groups is 5. The van der Waals surface area contributed by atoms with Gasteiger partial charge in [-0.05, 0) is 92.2 Å². The Morgan fingerprint density at radius 2 is 1.74 bits per heavy atom. The van der Waals surface area contributed by atoms with Crippen molar-refractivity contribution in [3.8, 4) is 23.6 Å². The maximum absolute atomic E-state index is 14.3. The smallest absolute Gasteiger partial charge is 0.318 e. The summed E-state index contributed by atoms with van der Waals surface area (Å²) in [4.78, 5) is 84.8. The molecule has 20 heteroatoms. The first-order valence-corrected chi connectivity index (χ1v) is 26.1. The fourth-order valence-corrected chi connectivity index (χ4v) is 11.2. The zero-order valence-electron chi connectivity index (χ0n) is 42.6. The number of likely N-dealkylation sites (N-methyl/N-ethyl adjacent to an activating group) is 1. The van der Waals surface area contributed by atoms with E-state index in [0.29, 0.717) is 79.4 Å². The fraction of sp³-hybridized carbons (Fsp3) is 0.393. The molecule has 3 atom stereocenters. The predicted molar refractivity (Wildman–Crippen MR) is 284 cm³/mol. The highest BCUT2D eigenvalue weighted by molar-refractivity contribution is 6.36. The molecule has 0 radical (unpaired) electrons.